The van der Waals surface area contributed by atoms with Crippen LogP contribution >= 0.6 is 15.9 Å². The Balaban J connectivity index is 0.000000286. The second kappa shape index (κ2) is 19.8. The summed E-state index contributed by atoms with van der Waals surface area (Å²) in [5.74, 6) is 0.956. The number of esters is 2. The molecule has 0 aromatic heterocycles. The van der Waals surface area contributed by atoms with Crippen LogP contribution in [0.15, 0.2) is 23.3 Å². The summed E-state index contributed by atoms with van der Waals surface area (Å²) in [5, 5.41) is 10.4. The van der Waals surface area contributed by atoms with E-state index in [2.05, 4.69) is 102 Å². The van der Waals surface area contributed by atoms with E-state index < -0.39 is 16.1 Å². The van der Waals surface area contributed by atoms with Gasteiger partial charge in [0.15, 0.2) is 0 Å². The normalized spacial score (nSPS) is 14.4. The van der Waals surface area contributed by atoms with E-state index in [1.807, 2.05) is 6.92 Å². The van der Waals surface area contributed by atoms with Crippen LogP contribution in [-0.2, 0) is 48.4 Å². The minimum absolute atomic E-state index is 0.0652. The topological polar surface area (TPSA) is 91.3 Å². The highest BCUT2D eigenvalue weighted by Crippen LogP contribution is 2.41. The Bertz CT molecular complexity index is 1690. The fraction of sp³-hybridized carbons (Fsp3) is 0.581. The van der Waals surface area contributed by atoms with Gasteiger partial charge in [0.05, 0.1) is 19.8 Å². The van der Waals surface area contributed by atoms with Gasteiger partial charge in [0, 0.05) is 43.7 Å². The number of alkyl halides is 1. The number of carbonyl (C=O) groups is 2. The number of carbonyl (C=O) groups excluding carboxylic acids is 2. The zero-order chi connectivity index (χ0) is 39.7. The van der Waals surface area contributed by atoms with E-state index in [0.717, 1.165) is 82.2 Å². The number of aliphatic hydroxyl groups excluding tert-OH is 1. The fourth-order valence-electron chi connectivity index (χ4n) is 6.78. The number of halogens is 1. The van der Waals surface area contributed by atoms with Crippen LogP contribution in [0.1, 0.15) is 99.3 Å². The van der Waals surface area contributed by atoms with Crippen molar-refractivity contribution in [3.05, 3.63) is 78.9 Å². The summed E-state index contributed by atoms with van der Waals surface area (Å²) in [4.78, 5) is 24.9. The maximum absolute atomic E-state index is 12.5. The molecule has 0 saturated carbocycles. The lowest BCUT2D eigenvalue weighted by molar-refractivity contribution is 0.0523. The largest absolute Gasteiger partial charge is 0.493 e. The molecule has 0 fully saturated rings. The van der Waals surface area contributed by atoms with Gasteiger partial charge in [0.25, 0.3) is 0 Å². The third kappa shape index (κ3) is 11.7. The van der Waals surface area contributed by atoms with Gasteiger partial charge in [0.1, 0.15) is 35.8 Å². The molecular formula is C43H65BrO7Si2. The fourth-order valence-corrected chi connectivity index (χ4v) is 8.44. The van der Waals surface area contributed by atoms with Crippen molar-refractivity contribution < 1.29 is 33.6 Å². The molecule has 0 bridgehead atoms. The maximum atomic E-state index is 12.5. The van der Waals surface area contributed by atoms with Crippen molar-refractivity contribution >= 4 is 44.0 Å². The molecule has 0 aliphatic carbocycles. The molecule has 2 aromatic rings. The smallest absolute Gasteiger partial charge is 0.342 e. The van der Waals surface area contributed by atoms with Gasteiger partial charge in [-0.15, -0.1) is 0 Å². The van der Waals surface area contributed by atoms with Crippen molar-refractivity contribution in [2.45, 2.75) is 138 Å². The predicted octanol–water partition coefficient (Wildman–Crippen LogP) is 10.6. The molecule has 2 aliphatic heterocycles. The van der Waals surface area contributed by atoms with Gasteiger partial charge in [-0.2, -0.15) is 0 Å². The third-order valence-electron chi connectivity index (χ3n) is 10.3. The van der Waals surface area contributed by atoms with Crippen molar-refractivity contribution in [1.29, 1.82) is 0 Å². The molecule has 53 heavy (non-hydrogen) atoms. The van der Waals surface area contributed by atoms with Crippen LogP contribution in [0.2, 0.25) is 51.4 Å². The number of benzene rings is 2. The Labute approximate surface area is 330 Å². The van der Waals surface area contributed by atoms with Crippen LogP contribution in [0.3, 0.4) is 0 Å². The van der Waals surface area contributed by atoms with Crippen molar-refractivity contribution in [3.8, 4) is 11.5 Å². The zero-order valence-electron chi connectivity index (χ0n) is 34.6. The van der Waals surface area contributed by atoms with E-state index in [1.54, 1.807) is 0 Å². The Hall–Kier alpha value is -2.67. The Morgan fingerprint density at radius 1 is 0.736 bits per heavy atom. The highest BCUT2D eigenvalue weighted by molar-refractivity contribution is 9.09. The van der Waals surface area contributed by atoms with E-state index in [0.29, 0.717) is 49.7 Å². The van der Waals surface area contributed by atoms with E-state index in [1.165, 1.54) is 22.3 Å². The molecule has 0 saturated heterocycles. The van der Waals surface area contributed by atoms with Gasteiger partial charge < -0.3 is 24.1 Å². The number of aliphatic hydroxyl groups is 1. The van der Waals surface area contributed by atoms with Crippen LogP contribution < -0.4 is 9.47 Å². The van der Waals surface area contributed by atoms with Crippen molar-refractivity contribution in [2.24, 2.45) is 0 Å². The van der Waals surface area contributed by atoms with Gasteiger partial charge in [-0.05, 0) is 92.8 Å². The number of fused-ring (bicyclic) bond motifs is 2. The van der Waals surface area contributed by atoms with E-state index in [-0.39, 0.29) is 18.5 Å². The summed E-state index contributed by atoms with van der Waals surface area (Å²) in [6.07, 6.45) is 8.36. The van der Waals surface area contributed by atoms with Crippen molar-refractivity contribution in [1.82, 2.24) is 0 Å². The van der Waals surface area contributed by atoms with Crippen molar-refractivity contribution in [2.75, 3.05) is 25.2 Å². The predicted molar refractivity (Wildman–Crippen MR) is 227 cm³/mol. The highest BCUT2D eigenvalue weighted by Gasteiger charge is 2.33. The summed E-state index contributed by atoms with van der Waals surface area (Å²) in [6, 6.07) is 2.11. The average Bonchev–Trinajstić information content (AvgIpc) is 3.68. The Morgan fingerprint density at radius 3 is 1.49 bits per heavy atom. The SMILES string of the molecule is CC/C(=C\Cc1c(CC)c(C)c2c(c1OCC[Si](C)(C)C)C(=O)OC2)CO.CCc1c(C)c2c(c(OCC[Si](C)(C)C)c1C/C=C(\C)CBr)C(=O)OC2. The molecule has 0 amide bonds. The molecule has 1 N–H and O–H groups in total. The molecule has 0 atom stereocenters. The number of cyclic esters (lactones) is 2. The van der Waals surface area contributed by atoms with Crippen LogP contribution in [0.25, 0.3) is 0 Å². The Kier molecular flexibility index (Phi) is 16.7. The van der Waals surface area contributed by atoms with E-state index in [4.69, 9.17) is 18.9 Å². The first-order chi connectivity index (χ1) is 24.9. The summed E-state index contributed by atoms with van der Waals surface area (Å²) < 4.78 is 23.3. The number of hydrogen-bond donors (Lipinski definition) is 1. The van der Waals surface area contributed by atoms with Gasteiger partial charge in [0.2, 0.25) is 0 Å². The molecule has 2 aliphatic rings. The maximum Gasteiger partial charge on any atom is 0.342 e. The number of ether oxygens (including phenoxy) is 4. The van der Waals surface area contributed by atoms with E-state index in [9.17, 15) is 14.7 Å². The summed E-state index contributed by atoms with van der Waals surface area (Å²) >= 11 is 3.51. The highest BCUT2D eigenvalue weighted by atomic mass is 79.9. The standard InChI is InChI=1S/C22H34O4Si.C21H31BrO3Si/c1-7-16(13-23)9-10-18-17(8-2)15(3)19-14-26-22(24)20(19)21(18)25-11-12-27(4,5)6;1-7-16-15(3)18-13-25-21(23)19(18)20(24-10-11-26(4,5)6)17(16)9-8-14(2)12-22/h9,23H,7-8,10-14H2,1-6H3;8H,7,9-13H2,1-6H3/b16-9+;14-8+. The first-order valence-electron chi connectivity index (χ1n) is 19.4. The second-order valence-electron chi connectivity index (χ2n) is 16.7. The third-order valence-corrected chi connectivity index (χ3v) is 14.6. The molecule has 0 spiro atoms. The molecule has 10 heteroatoms. The lowest BCUT2D eigenvalue weighted by atomic mass is 9.89. The molecule has 7 nitrogen and oxygen atoms in total. The molecule has 294 valence electrons. The number of hydrogen-bond acceptors (Lipinski definition) is 7. The number of rotatable bonds is 17. The van der Waals surface area contributed by atoms with Gasteiger partial charge in [-0.25, -0.2) is 9.59 Å². The van der Waals surface area contributed by atoms with Gasteiger partial charge in [-0.1, -0.05) is 93.7 Å². The zero-order valence-corrected chi connectivity index (χ0v) is 38.2. The first-order valence-corrected chi connectivity index (χ1v) is 27.9. The minimum atomic E-state index is -1.24. The van der Waals surface area contributed by atoms with Crippen molar-refractivity contribution in [3.63, 3.8) is 0 Å². The van der Waals surface area contributed by atoms with Crippen LogP contribution in [0, 0.1) is 13.8 Å². The molecule has 2 aromatic carbocycles. The van der Waals surface area contributed by atoms with Crippen LogP contribution in [0.4, 0.5) is 0 Å². The Morgan fingerprint density at radius 2 is 1.15 bits per heavy atom. The minimum Gasteiger partial charge on any atom is -0.493 e. The molecule has 0 unspecified atom stereocenters. The first kappa shape index (κ1) is 44.7. The second-order valence-corrected chi connectivity index (χ2v) is 28.5. The molecule has 0 radical (unpaired) electrons. The van der Waals surface area contributed by atoms with Gasteiger partial charge in [-0.3, -0.25) is 0 Å². The number of allylic oxidation sites excluding steroid dienone is 3. The summed E-state index contributed by atoms with van der Waals surface area (Å²) in [5.41, 5.74) is 12.6. The van der Waals surface area contributed by atoms with Crippen LogP contribution in [0.5, 0.6) is 11.5 Å². The lowest BCUT2D eigenvalue weighted by Gasteiger charge is -2.22. The van der Waals surface area contributed by atoms with E-state index >= 15 is 0 Å². The quantitative estimate of drug-likeness (QED) is 0.0735. The van der Waals surface area contributed by atoms with Crippen LogP contribution in [-0.4, -0.2) is 58.3 Å². The lowest BCUT2D eigenvalue weighted by Crippen LogP contribution is -2.23. The molecule has 4 rings (SSSR count). The average molecular weight is 830 g/mol. The summed E-state index contributed by atoms with van der Waals surface area (Å²) in [7, 11) is -2.44. The summed E-state index contributed by atoms with van der Waals surface area (Å²) in [6.45, 7) is 28.7. The molecular weight excluding hydrogens is 765 g/mol. The molecule has 2 heterocycles. The monoisotopic (exact) mass is 828 g/mol. The van der Waals surface area contributed by atoms with Gasteiger partial charge >= 0.3 is 11.9 Å².